The first-order valence-electron chi connectivity index (χ1n) is 10.9. The van der Waals surface area contributed by atoms with Crippen molar-refractivity contribution >= 4 is 15.9 Å². The second-order valence-corrected chi connectivity index (χ2v) is 10.3. The molecular weight excluding hydrogens is 426 g/mol. The third-order valence-corrected chi connectivity index (χ3v) is 7.81. The lowest BCUT2D eigenvalue weighted by atomic mass is 10.0. The van der Waals surface area contributed by atoms with E-state index in [0.717, 1.165) is 36.4 Å². The van der Waals surface area contributed by atoms with Gasteiger partial charge < -0.3 is 15.0 Å². The van der Waals surface area contributed by atoms with Gasteiger partial charge >= 0.3 is 0 Å². The van der Waals surface area contributed by atoms with Gasteiger partial charge in [-0.1, -0.05) is 31.2 Å². The minimum atomic E-state index is -3.37. The van der Waals surface area contributed by atoms with Gasteiger partial charge in [-0.25, -0.2) is 8.42 Å². The second-order valence-electron chi connectivity index (χ2n) is 8.32. The number of likely N-dealkylation sites (N-methyl/N-ethyl adjacent to an activating group) is 1. The van der Waals surface area contributed by atoms with Crippen LogP contribution in [0.15, 0.2) is 42.5 Å². The van der Waals surface area contributed by atoms with Crippen LogP contribution in [0.2, 0.25) is 0 Å². The molecule has 2 aromatic carbocycles. The Hall–Kier alpha value is -2.42. The molecule has 174 valence electrons. The maximum absolute atomic E-state index is 12.8. The van der Waals surface area contributed by atoms with Crippen molar-refractivity contribution in [3.63, 3.8) is 0 Å². The van der Waals surface area contributed by atoms with Gasteiger partial charge in [0, 0.05) is 31.7 Å². The lowest BCUT2D eigenvalue weighted by Gasteiger charge is -2.31. The fourth-order valence-corrected chi connectivity index (χ4v) is 5.42. The summed E-state index contributed by atoms with van der Waals surface area (Å²) in [6.45, 7) is 6.52. The number of amides is 1. The number of hydrogen-bond acceptors (Lipinski definition) is 5. The van der Waals surface area contributed by atoms with Crippen LogP contribution in [0.1, 0.15) is 46.4 Å². The van der Waals surface area contributed by atoms with Crippen LogP contribution in [-0.2, 0) is 15.8 Å². The van der Waals surface area contributed by atoms with Crippen LogP contribution in [0.25, 0.3) is 0 Å². The Labute approximate surface area is 191 Å². The van der Waals surface area contributed by atoms with E-state index in [1.165, 1.54) is 0 Å². The van der Waals surface area contributed by atoms with Gasteiger partial charge in [0.05, 0.1) is 18.9 Å². The van der Waals surface area contributed by atoms with Crippen LogP contribution >= 0.6 is 0 Å². The summed E-state index contributed by atoms with van der Waals surface area (Å²) in [5, 5.41) is 3.08. The standard InChI is InChI=1S/C24H33N3O4S/c1-5-22(21-10-11-23(31-4)18(2)16-21)25-24(28)20-8-6-19(7-9-20)17-32(29,30)27-14-12-26(3)13-15-27/h6-11,16,22H,5,12-15,17H2,1-4H3,(H,25,28)/t22-/m1/s1. The Kier molecular flexibility index (Phi) is 7.92. The van der Waals surface area contributed by atoms with Gasteiger partial charge in [-0.15, -0.1) is 0 Å². The number of rotatable bonds is 8. The van der Waals surface area contributed by atoms with Crippen LogP contribution in [0, 0.1) is 6.92 Å². The Morgan fingerprint density at radius 3 is 2.31 bits per heavy atom. The van der Waals surface area contributed by atoms with E-state index >= 15 is 0 Å². The summed E-state index contributed by atoms with van der Waals surface area (Å²) in [6, 6.07) is 12.6. The van der Waals surface area contributed by atoms with Crippen LogP contribution in [0.3, 0.4) is 0 Å². The molecule has 1 fully saturated rings. The van der Waals surface area contributed by atoms with Crippen molar-refractivity contribution in [2.24, 2.45) is 0 Å². The highest BCUT2D eigenvalue weighted by atomic mass is 32.2. The van der Waals surface area contributed by atoms with Crippen LogP contribution in [0.5, 0.6) is 5.75 Å². The Bertz CT molecular complexity index is 1030. The molecule has 0 spiro atoms. The normalized spacial score (nSPS) is 16.5. The number of methoxy groups -OCH3 is 1. The number of benzene rings is 2. The molecule has 0 bridgehead atoms. The van der Waals surface area contributed by atoms with Gasteiger partial charge in [-0.2, -0.15) is 4.31 Å². The van der Waals surface area contributed by atoms with E-state index < -0.39 is 10.0 Å². The summed E-state index contributed by atoms with van der Waals surface area (Å²) in [4.78, 5) is 14.9. The number of sulfonamides is 1. The molecule has 1 heterocycles. The molecule has 2 aromatic rings. The van der Waals surface area contributed by atoms with Crippen molar-refractivity contribution in [2.75, 3.05) is 40.3 Å². The third kappa shape index (κ3) is 5.88. The van der Waals surface area contributed by atoms with Crippen molar-refractivity contribution in [3.05, 3.63) is 64.7 Å². The Balaban J connectivity index is 1.64. The van der Waals surface area contributed by atoms with Crippen molar-refractivity contribution in [3.8, 4) is 5.75 Å². The predicted molar refractivity (Wildman–Crippen MR) is 126 cm³/mol. The monoisotopic (exact) mass is 459 g/mol. The van der Waals surface area contributed by atoms with Crippen molar-refractivity contribution in [1.82, 2.24) is 14.5 Å². The zero-order valence-corrected chi connectivity index (χ0v) is 20.1. The zero-order valence-electron chi connectivity index (χ0n) is 19.3. The topological polar surface area (TPSA) is 79.0 Å². The maximum atomic E-state index is 12.8. The molecule has 1 aliphatic heterocycles. The number of nitrogens with zero attached hydrogens (tertiary/aromatic N) is 2. The van der Waals surface area contributed by atoms with Gasteiger partial charge in [-0.05, 0) is 55.3 Å². The van der Waals surface area contributed by atoms with Gasteiger partial charge in [-0.3, -0.25) is 4.79 Å². The fraction of sp³-hybridized carbons (Fsp3) is 0.458. The number of aryl methyl sites for hydroxylation is 1. The first-order chi connectivity index (χ1) is 15.2. The number of carbonyl (C=O) groups excluding carboxylic acids is 1. The molecule has 1 atom stereocenters. The summed E-state index contributed by atoms with van der Waals surface area (Å²) in [6.07, 6.45) is 0.749. The van der Waals surface area contributed by atoms with Gasteiger partial charge in [0.1, 0.15) is 5.75 Å². The highest BCUT2D eigenvalue weighted by molar-refractivity contribution is 7.88. The molecule has 0 aliphatic carbocycles. The fourth-order valence-electron chi connectivity index (χ4n) is 3.90. The second kappa shape index (κ2) is 10.5. The average Bonchev–Trinajstić information content (AvgIpc) is 2.77. The molecule has 0 aromatic heterocycles. The van der Waals surface area contributed by atoms with E-state index in [2.05, 4.69) is 10.2 Å². The van der Waals surface area contributed by atoms with E-state index in [-0.39, 0.29) is 17.7 Å². The molecule has 1 saturated heterocycles. The Morgan fingerprint density at radius 1 is 1.09 bits per heavy atom. The number of piperazine rings is 1. The highest BCUT2D eigenvalue weighted by Crippen LogP contribution is 2.24. The summed E-state index contributed by atoms with van der Waals surface area (Å²) in [7, 11) is 0.267. The molecular formula is C24H33N3O4S. The lowest BCUT2D eigenvalue weighted by Crippen LogP contribution is -2.47. The van der Waals surface area contributed by atoms with E-state index in [9.17, 15) is 13.2 Å². The van der Waals surface area contributed by atoms with E-state index in [0.29, 0.717) is 24.2 Å². The van der Waals surface area contributed by atoms with E-state index in [1.807, 2.05) is 39.1 Å². The van der Waals surface area contributed by atoms with Crippen LogP contribution in [0.4, 0.5) is 0 Å². The van der Waals surface area contributed by atoms with E-state index in [4.69, 9.17) is 4.74 Å². The molecule has 0 unspecified atom stereocenters. The van der Waals surface area contributed by atoms with Crippen LogP contribution < -0.4 is 10.1 Å². The SMILES string of the molecule is CC[C@@H](NC(=O)c1ccc(CS(=O)(=O)N2CCN(C)CC2)cc1)c1ccc(OC)c(C)c1. The summed E-state index contributed by atoms with van der Waals surface area (Å²) >= 11 is 0. The average molecular weight is 460 g/mol. The van der Waals surface area contributed by atoms with Crippen LogP contribution in [-0.4, -0.2) is 63.9 Å². The summed E-state index contributed by atoms with van der Waals surface area (Å²) < 4.78 is 32.3. The van der Waals surface area contributed by atoms with Crippen molar-refractivity contribution < 1.29 is 17.9 Å². The molecule has 8 heteroatoms. The first-order valence-corrected chi connectivity index (χ1v) is 12.5. The summed E-state index contributed by atoms with van der Waals surface area (Å²) in [5.41, 5.74) is 3.23. The number of hydrogen-bond donors (Lipinski definition) is 1. The Morgan fingerprint density at radius 2 is 1.75 bits per heavy atom. The largest absolute Gasteiger partial charge is 0.496 e. The molecule has 0 saturated carbocycles. The van der Waals surface area contributed by atoms with Gasteiger partial charge in [0.2, 0.25) is 10.0 Å². The predicted octanol–water partition coefficient (Wildman–Crippen LogP) is 2.96. The molecule has 32 heavy (non-hydrogen) atoms. The minimum Gasteiger partial charge on any atom is -0.496 e. The lowest BCUT2D eigenvalue weighted by molar-refractivity contribution is 0.0935. The quantitative estimate of drug-likeness (QED) is 0.657. The zero-order chi connectivity index (χ0) is 23.3. The van der Waals surface area contributed by atoms with Crippen molar-refractivity contribution in [2.45, 2.75) is 32.1 Å². The highest BCUT2D eigenvalue weighted by Gasteiger charge is 2.26. The maximum Gasteiger partial charge on any atom is 0.251 e. The first kappa shape index (κ1) is 24.2. The number of carbonyl (C=O) groups is 1. The van der Waals surface area contributed by atoms with E-state index in [1.54, 1.807) is 35.7 Å². The molecule has 1 aliphatic rings. The molecule has 3 rings (SSSR count). The van der Waals surface area contributed by atoms with Gasteiger partial charge in [0.25, 0.3) is 5.91 Å². The van der Waals surface area contributed by atoms with Crippen molar-refractivity contribution in [1.29, 1.82) is 0 Å². The smallest absolute Gasteiger partial charge is 0.251 e. The summed E-state index contributed by atoms with van der Waals surface area (Å²) in [5.74, 6) is 0.581. The molecule has 1 amide bonds. The number of nitrogens with one attached hydrogen (secondary N) is 1. The van der Waals surface area contributed by atoms with Gasteiger partial charge in [0.15, 0.2) is 0 Å². The molecule has 1 N–H and O–H groups in total. The minimum absolute atomic E-state index is 0.0542. The third-order valence-electron chi connectivity index (χ3n) is 5.96. The molecule has 0 radical (unpaired) electrons. The molecule has 7 nitrogen and oxygen atoms in total. The number of ether oxygens (including phenoxy) is 1.